The van der Waals surface area contributed by atoms with Crippen molar-refractivity contribution in [3.63, 3.8) is 0 Å². The molecule has 26 heavy (non-hydrogen) atoms. The van der Waals surface area contributed by atoms with Gasteiger partial charge in [-0.1, -0.05) is 11.6 Å². The van der Waals surface area contributed by atoms with Crippen LogP contribution in [0, 0.1) is 0 Å². The van der Waals surface area contributed by atoms with E-state index in [2.05, 4.69) is 15.3 Å². The molecule has 8 nitrogen and oxygen atoms in total. The van der Waals surface area contributed by atoms with E-state index in [1.807, 2.05) is 10.8 Å². The van der Waals surface area contributed by atoms with Gasteiger partial charge in [0.1, 0.15) is 12.0 Å². The summed E-state index contributed by atoms with van der Waals surface area (Å²) in [7, 11) is 0. The summed E-state index contributed by atoms with van der Waals surface area (Å²) < 4.78 is 1.84. The number of halogens is 1. The Balaban J connectivity index is 1.94. The number of carbonyl (C=O) groups excluding carboxylic acids is 2. The molecule has 2 aromatic heterocycles. The number of nitrogens with one attached hydrogen (secondary N) is 1. The van der Waals surface area contributed by atoms with Crippen molar-refractivity contribution in [3.05, 3.63) is 29.2 Å². The van der Waals surface area contributed by atoms with Gasteiger partial charge in [-0.05, 0) is 19.9 Å². The van der Waals surface area contributed by atoms with E-state index in [9.17, 15) is 9.59 Å². The number of anilines is 1. The molecule has 1 aliphatic heterocycles. The Morgan fingerprint density at radius 3 is 2.88 bits per heavy atom. The van der Waals surface area contributed by atoms with Crippen LogP contribution in [0.4, 0.5) is 5.95 Å². The topological polar surface area (TPSA) is 100 Å². The third kappa shape index (κ3) is 3.42. The molecule has 0 fully saturated rings. The molecule has 138 valence electrons. The Bertz CT molecular complexity index is 838. The third-order valence-corrected chi connectivity index (χ3v) is 4.59. The van der Waals surface area contributed by atoms with Gasteiger partial charge in [0.15, 0.2) is 0 Å². The molecular weight excluding hydrogens is 358 g/mol. The van der Waals surface area contributed by atoms with Crippen molar-refractivity contribution in [2.45, 2.75) is 32.5 Å². The molecule has 0 spiro atoms. The quantitative estimate of drug-likeness (QED) is 0.739. The number of aliphatic hydroxyl groups is 1. The number of nitrogens with zero attached hydrogens (tertiary/aromatic N) is 4. The highest BCUT2D eigenvalue weighted by atomic mass is 35.5. The van der Waals surface area contributed by atoms with Gasteiger partial charge in [0, 0.05) is 30.9 Å². The number of fused-ring (bicyclic) bond motifs is 1. The number of carbonyl (C=O) groups is 2. The number of amides is 1. The molecule has 0 saturated carbocycles. The van der Waals surface area contributed by atoms with Gasteiger partial charge >= 0.3 is 0 Å². The maximum Gasteiger partial charge on any atom is 0.271 e. The molecule has 1 amide bonds. The lowest BCUT2D eigenvalue weighted by Gasteiger charge is -2.30. The standard InChI is InChI=1S/C17H20ClN5O3/c1-10(8-24)20-17-19-6-13(18)15(21-17)12-5-14-16(26)23(11(2)9-25)4-3-22(14)7-12/h5-7,9-11,24H,3-4,8H2,1-2H3,(H,19,20,21). The maximum atomic E-state index is 12.6. The van der Waals surface area contributed by atoms with Crippen molar-refractivity contribution < 1.29 is 14.7 Å². The molecule has 2 N–H and O–H groups in total. The lowest BCUT2D eigenvalue weighted by molar-refractivity contribution is -0.111. The largest absolute Gasteiger partial charge is 0.394 e. The number of aldehydes is 1. The number of aliphatic hydroxyl groups excluding tert-OH is 1. The van der Waals surface area contributed by atoms with Crippen molar-refractivity contribution in [1.29, 1.82) is 0 Å². The fourth-order valence-corrected chi connectivity index (χ4v) is 3.04. The van der Waals surface area contributed by atoms with Gasteiger partial charge in [0.25, 0.3) is 5.91 Å². The predicted molar refractivity (Wildman–Crippen MR) is 97.2 cm³/mol. The predicted octanol–water partition coefficient (Wildman–Crippen LogP) is 1.43. The Kier molecular flexibility index (Phi) is 5.24. The van der Waals surface area contributed by atoms with Gasteiger partial charge in [-0.2, -0.15) is 0 Å². The molecule has 0 aliphatic carbocycles. The van der Waals surface area contributed by atoms with E-state index in [0.717, 1.165) is 6.29 Å². The average molecular weight is 378 g/mol. The van der Waals surface area contributed by atoms with E-state index in [1.165, 1.54) is 6.20 Å². The minimum atomic E-state index is -0.465. The van der Waals surface area contributed by atoms with Crippen LogP contribution in [0.3, 0.4) is 0 Å². The summed E-state index contributed by atoms with van der Waals surface area (Å²) in [5.41, 5.74) is 1.69. The van der Waals surface area contributed by atoms with Gasteiger partial charge < -0.3 is 24.7 Å². The number of aromatic nitrogens is 3. The van der Waals surface area contributed by atoms with Crippen molar-refractivity contribution in [2.75, 3.05) is 18.5 Å². The first-order valence-electron chi connectivity index (χ1n) is 8.31. The molecule has 0 radical (unpaired) electrons. The fraction of sp³-hybridized carbons (Fsp3) is 0.412. The SMILES string of the molecule is CC(CO)Nc1ncc(Cl)c(-c2cc3n(c2)CCN(C(C)C=O)C3=O)n1. The Labute approximate surface area is 155 Å². The summed E-state index contributed by atoms with van der Waals surface area (Å²) in [6.07, 6.45) is 4.07. The third-order valence-electron chi connectivity index (χ3n) is 4.31. The van der Waals surface area contributed by atoms with Gasteiger partial charge in [0.05, 0.1) is 29.6 Å². The van der Waals surface area contributed by atoms with Crippen LogP contribution in [0.2, 0.25) is 5.02 Å². The highest BCUT2D eigenvalue weighted by Crippen LogP contribution is 2.30. The lowest BCUT2D eigenvalue weighted by atomic mass is 10.2. The van der Waals surface area contributed by atoms with Crippen molar-refractivity contribution in [2.24, 2.45) is 0 Å². The van der Waals surface area contributed by atoms with Crippen LogP contribution in [0.15, 0.2) is 18.5 Å². The Morgan fingerprint density at radius 2 is 2.19 bits per heavy atom. The summed E-state index contributed by atoms with van der Waals surface area (Å²) in [6.45, 7) is 4.51. The van der Waals surface area contributed by atoms with Crippen LogP contribution in [0.5, 0.6) is 0 Å². The first kappa shape index (κ1) is 18.3. The van der Waals surface area contributed by atoms with Crippen molar-refractivity contribution in [3.8, 4) is 11.3 Å². The molecule has 3 heterocycles. The highest BCUT2D eigenvalue weighted by Gasteiger charge is 2.29. The van der Waals surface area contributed by atoms with E-state index in [0.29, 0.717) is 41.0 Å². The normalized spacial score (nSPS) is 16.2. The number of hydrogen-bond acceptors (Lipinski definition) is 6. The molecule has 2 atom stereocenters. The minimum Gasteiger partial charge on any atom is -0.394 e. The van der Waals surface area contributed by atoms with E-state index >= 15 is 0 Å². The van der Waals surface area contributed by atoms with Crippen LogP contribution in [0.1, 0.15) is 24.3 Å². The second-order valence-electron chi connectivity index (χ2n) is 6.30. The number of hydrogen-bond donors (Lipinski definition) is 2. The molecule has 1 aliphatic rings. The van der Waals surface area contributed by atoms with Crippen LogP contribution in [-0.2, 0) is 11.3 Å². The highest BCUT2D eigenvalue weighted by molar-refractivity contribution is 6.33. The molecule has 9 heteroatoms. The van der Waals surface area contributed by atoms with Crippen LogP contribution < -0.4 is 5.32 Å². The van der Waals surface area contributed by atoms with E-state index in [4.69, 9.17) is 16.7 Å². The van der Waals surface area contributed by atoms with Gasteiger partial charge in [-0.15, -0.1) is 0 Å². The first-order valence-corrected chi connectivity index (χ1v) is 8.69. The Hall–Kier alpha value is -2.45. The molecule has 2 aromatic rings. The van der Waals surface area contributed by atoms with Gasteiger partial charge in [-0.3, -0.25) is 4.79 Å². The second kappa shape index (κ2) is 7.43. The maximum absolute atomic E-state index is 12.6. The summed E-state index contributed by atoms with van der Waals surface area (Å²) >= 11 is 6.25. The van der Waals surface area contributed by atoms with Crippen LogP contribution in [0.25, 0.3) is 11.3 Å². The average Bonchev–Trinajstić information content (AvgIpc) is 3.08. The molecule has 0 aromatic carbocycles. The lowest BCUT2D eigenvalue weighted by Crippen LogP contribution is -2.45. The summed E-state index contributed by atoms with van der Waals surface area (Å²) in [6, 6.07) is 1.05. The summed E-state index contributed by atoms with van der Waals surface area (Å²) in [5.74, 6) is 0.150. The smallest absolute Gasteiger partial charge is 0.271 e. The fourth-order valence-electron chi connectivity index (χ4n) is 2.84. The monoisotopic (exact) mass is 377 g/mol. The Morgan fingerprint density at radius 1 is 1.42 bits per heavy atom. The van der Waals surface area contributed by atoms with Gasteiger partial charge in [0.2, 0.25) is 5.95 Å². The van der Waals surface area contributed by atoms with Crippen molar-refractivity contribution in [1.82, 2.24) is 19.4 Å². The second-order valence-corrected chi connectivity index (χ2v) is 6.71. The van der Waals surface area contributed by atoms with E-state index in [1.54, 1.807) is 24.8 Å². The van der Waals surface area contributed by atoms with Crippen molar-refractivity contribution >= 4 is 29.7 Å². The molecule has 3 rings (SSSR count). The summed E-state index contributed by atoms with van der Waals surface area (Å²) in [4.78, 5) is 33.7. The zero-order chi connectivity index (χ0) is 18.8. The molecule has 0 saturated heterocycles. The summed E-state index contributed by atoms with van der Waals surface area (Å²) in [5, 5.41) is 12.5. The first-order chi connectivity index (χ1) is 12.4. The van der Waals surface area contributed by atoms with Crippen LogP contribution >= 0.6 is 11.6 Å². The van der Waals surface area contributed by atoms with E-state index < -0.39 is 6.04 Å². The van der Waals surface area contributed by atoms with Crippen LogP contribution in [-0.4, -0.2) is 62.0 Å². The molecular formula is C17H20ClN5O3. The zero-order valence-electron chi connectivity index (χ0n) is 14.5. The van der Waals surface area contributed by atoms with E-state index in [-0.39, 0.29) is 18.6 Å². The zero-order valence-corrected chi connectivity index (χ0v) is 15.3. The van der Waals surface area contributed by atoms with Gasteiger partial charge in [-0.25, -0.2) is 9.97 Å². The molecule has 2 unspecified atom stereocenters. The number of rotatable bonds is 6. The molecule has 0 bridgehead atoms. The minimum absolute atomic E-state index is 0.0545.